The molecule has 0 bridgehead atoms. The van der Waals surface area contributed by atoms with Gasteiger partial charge in [0.1, 0.15) is 5.82 Å². The van der Waals surface area contributed by atoms with Gasteiger partial charge in [0.25, 0.3) is 0 Å². The SMILES string of the molecule is CC(C)(CN)C1CCCc2ccc(F)cc21. The maximum atomic E-state index is 13.3. The average Bonchev–Trinajstić information content (AvgIpc) is 2.28. The van der Waals surface area contributed by atoms with Gasteiger partial charge in [-0.05, 0) is 60.4 Å². The Morgan fingerprint density at radius 3 is 2.88 bits per heavy atom. The predicted molar refractivity (Wildman–Crippen MR) is 64.9 cm³/mol. The maximum Gasteiger partial charge on any atom is 0.123 e. The van der Waals surface area contributed by atoms with Crippen molar-refractivity contribution in [1.29, 1.82) is 0 Å². The van der Waals surface area contributed by atoms with E-state index in [0.29, 0.717) is 12.5 Å². The van der Waals surface area contributed by atoms with Crippen molar-refractivity contribution in [3.05, 3.63) is 35.1 Å². The maximum absolute atomic E-state index is 13.3. The summed E-state index contributed by atoms with van der Waals surface area (Å²) in [6, 6.07) is 5.21. The molecule has 0 radical (unpaired) electrons. The molecule has 16 heavy (non-hydrogen) atoms. The van der Waals surface area contributed by atoms with Gasteiger partial charge in [-0.25, -0.2) is 4.39 Å². The van der Waals surface area contributed by atoms with Crippen molar-refractivity contribution < 1.29 is 4.39 Å². The first kappa shape index (κ1) is 11.6. The normalized spacial score (nSPS) is 20.6. The van der Waals surface area contributed by atoms with Crippen molar-refractivity contribution in [2.75, 3.05) is 6.54 Å². The molecular formula is C14H20FN. The molecule has 1 aliphatic carbocycles. The van der Waals surface area contributed by atoms with Crippen LogP contribution in [-0.2, 0) is 6.42 Å². The highest BCUT2D eigenvalue weighted by Gasteiger charge is 2.32. The Morgan fingerprint density at radius 2 is 2.19 bits per heavy atom. The molecule has 0 aromatic heterocycles. The van der Waals surface area contributed by atoms with E-state index in [9.17, 15) is 4.39 Å². The summed E-state index contributed by atoms with van der Waals surface area (Å²) in [5, 5.41) is 0. The minimum Gasteiger partial charge on any atom is -0.330 e. The molecule has 0 saturated heterocycles. The van der Waals surface area contributed by atoms with E-state index >= 15 is 0 Å². The first-order valence-electron chi connectivity index (χ1n) is 6.03. The topological polar surface area (TPSA) is 26.0 Å². The molecule has 1 unspecified atom stereocenters. The molecule has 88 valence electrons. The van der Waals surface area contributed by atoms with Crippen LogP contribution in [0.25, 0.3) is 0 Å². The third kappa shape index (κ3) is 1.99. The highest BCUT2D eigenvalue weighted by molar-refractivity contribution is 5.34. The smallest absolute Gasteiger partial charge is 0.123 e. The summed E-state index contributed by atoms with van der Waals surface area (Å²) in [5.41, 5.74) is 8.38. The summed E-state index contributed by atoms with van der Waals surface area (Å²) in [7, 11) is 0. The lowest BCUT2D eigenvalue weighted by atomic mass is 9.68. The summed E-state index contributed by atoms with van der Waals surface area (Å²) >= 11 is 0. The largest absolute Gasteiger partial charge is 0.330 e. The predicted octanol–water partition coefficient (Wildman–Crippen LogP) is 3.23. The molecule has 0 amide bonds. The van der Waals surface area contributed by atoms with Crippen LogP contribution < -0.4 is 5.73 Å². The lowest BCUT2D eigenvalue weighted by Crippen LogP contribution is -2.33. The van der Waals surface area contributed by atoms with Gasteiger partial charge >= 0.3 is 0 Å². The summed E-state index contributed by atoms with van der Waals surface area (Å²) in [6.45, 7) is 5.00. The van der Waals surface area contributed by atoms with Crippen LogP contribution in [0.15, 0.2) is 18.2 Å². The van der Waals surface area contributed by atoms with Crippen LogP contribution >= 0.6 is 0 Å². The molecule has 0 aliphatic heterocycles. The third-order valence-corrected chi connectivity index (χ3v) is 3.89. The zero-order chi connectivity index (χ0) is 11.8. The first-order chi connectivity index (χ1) is 7.54. The number of halogens is 1. The molecule has 2 heteroatoms. The van der Waals surface area contributed by atoms with Crippen LogP contribution in [0.4, 0.5) is 4.39 Å². The molecule has 2 N–H and O–H groups in total. The Bertz CT molecular complexity index is 384. The van der Waals surface area contributed by atoms with Gasteiger partial charge in [-0.1, -0.05) is 19.9 Å². The Hall–Kier alpha value is -0.890. The monoisotopic (exact) mass is 221 g/mol. The lowest BCUT2D eigenvalue weighted by Gasteiger charge is -2.37. The van der Waals surface area contributed by atoms with Crippen LogP contribution in [-0.4, -0.2) is 6.54 Å². The number of hydrogen-bond donors (Lipinski definition) is 1. The fraction of sp³-hybridized carbons (Fsp3) is 0.571. The molecule has 1 aliphatic rings. The second-order valence-electron chi connectivity index (χ2n) is 5.48. The van der Waals surface area contributed by atoms with Crippen molar-refractivity contribution in [3.8, 4) is 0 Å². The Kier molecular flexibility index (Phi) is 3.02. The van der Waals surface area contributed by atoms with Gasteiger partial charge in [-0.3, -0.25) is 0 Å². The van der Waals surface area contributed by atoms with Crippen LogP contribution in [0, 0.1) is 11.2 Å². The summed E-state index contributed by atoms with van der Waals surface area (Å²) in [6.07, 6.45) is 3.39. The standard InChI is InChI=1S/C14H20FN/c1-14(2,9-16)13-5-3-4-10-6-7-11(15)8-12(10)13/h6-8,13H,3-5,9,16H2,1-2H3. The van der Waals surface area contributed by atoms with Gasteiger partial charge in [0.2, 0.25) is 0 Å². The van der Waals surface area contributed by atoms with E-state index < -0.39 is 0 Å². The molecular weight excluding hydrogens is 201 g/mol. The van der Waals surface area contributed by atoms with Crippen molar-refractivity contribution in [2.45, 2.75) is 39.0 Å². The van der Waals surface area contributed by atoms with Crippen molar-refractivity contribution in [2.24, 2.45) is 11.1 Å². The number of aryl methyl sites for hydroxylation is 1. The minimum absolute atomic E-state index is 0.0585. The Morgan fingerprint density at radius 1 is 1.44 bits per heavy atom. The fourth-order valence-corrected chi connectivity index (χ4v) is 2.72. The van der Waals surface area contributed by atoms with Crippen molar-refractivity contribution >= 4 is 0 Å². The second kappa shape index (κ2) is 4.17. The van der Waals surface area contributed by atoms with Crippen LogP contribution in [0.5, 0.6) is 0 Å². The number of fused-ring (bicyclic) bond motifs is 1. The zero-order valence-corrected chi connectivity index (χ0v) is 10.1. The summed E-state index contributed by atoms with van der Waals surface area (Å²) in [4.78, 5) is 0. The Balaban J connectivity index is 2.43. The van der Waals surface area contributed by atoms with E-state index in [4.69, 9.17) is 5.73 Å². The van der Waals surface area contributed by atoms with Gasteiger partial charge in [0.15, 0.2) is 0 Å². The minimum atomic E-state index is -0.126. The molecule has 0 heterocycles. The van der Waals surface area contributed by atoms with E-state index in [1.165, 1.54) is 17.5 Å². The first-order valence-corrected chi connectivity index (χ1v) is 6.03. The van der Waals surface area contributed by atoms with Gasteiger partial charge in [-0.15, -0.1) is 0 Å². The highest BCUT2D eigenvalue weighted by Crippen LogP contribution is 2.43. The quantitative estimate of drug-likeness (QED) is 0.815. The van der Waals surface area contributed by atoms with Gasteiger partial charge < -0.3 is 5.73 Å². The van der Waals surface area contributed by atoms with Crippen molar-refractivity contribution in [3.63, 3.8) is 0 Å². The molecule has 0 fully saturated rings. The molecule has 1 aromatic carbocycles. The summed E-state index contributed by atoms with van der Waals surface area (Å²) in [5.74, 6) is 0.274. The highest BCUT2D eigenvalue weighted by atomic mass is 19.1. The van der Waals surface area contributed by atoms with Crippen LogP contribution in [0.3, 0.4) is 0 Å². The molecule has 2 rings (SSSR count). The average molecular weight is 221 g/mol. The van der Waals surface area contributed by atoms with Crippen molar-refractivity contribution in [1.82, 2.24) is 0 Å². The fourth-order valence-electron chi connectivity index (χ4n) is 2.72. The van der Waals surface area contributed by atoms with E-state index in [-0.39, 0.29) is 11.2 Å². The molecule has 0 spiro atoms. The van der Waals surface area contributed by atoms with E-state index in [2.05, 4.69) is 13.8 Å². The Labute approximate surface area is 96.9 Å². The van der Waals surface area contributed by atoms with Gasteiger partial charge in [0, 0.05) is 0 Å². The van der Waals surface area contributed by atoms with Crippen LogP contribution in [0.2, 0.25) is 0 Å². The zero-order valence-electron chi connectivity index (χ0n) is 10.1. The van der Waals surface area contributed by atoms with Gasteiger partial charge in [0.05, 0.1) is 0 Å². The number of nitrogens with two attached hydrogens (primary N) is 1. The van der Waals surface area contributed by atoms with E-state index in [1.807, 2.05) is 6.07 Å². The van der Waals surface area contributed by atoms with Crippen LogP contribution in [0.1, 0.15) is 43.7 Å². The molecule has 0 saturated carbocycles. The van der Waals surface area contributed by atoms with E-state index in [1.54, 1.807) is 12.1 Å². The molecule has 1 nitrogen and oxygen atoms in total. The lowest BCUT2D eigenvalue weighted by molar-refractivity contribution is 0.268. The molecule has 1 aromatic rings. The number of benzene rings is 1. The second-order valence-corrected chi connectivity index (χ2v) is 5.48. The summed E-state index contributed by atoms with van der Waals surface area (Å²) < 4.78 is 13.3. The van der Waals surface area contributed by atoms with Gasteiger partial charge in [-0.2, -0.15) is 0 Å². The molecule has 1 atom stereocenters. The van der Waals surface area contributed by atoms with E-state index in [0.717, 1.165) is 12.8 Å². The third-order valence-electron chi connectivity index (χ3n) is 3.89. The number of rotatable bonds is 2. The number of hydrogen-bond acceptors (Lipinski definition) is 1.